The average molecular weight is 160 g/mol. The van der Waals surface area contributed by atoms with Crippen LogP contribution in [0, 0.1) is 11.3 Å². The van der Waals surface area contributed by atoms with Gasteiger partial charge in [0.05, 0.1) is 17.3 Å². The van der Waals surface area contributed by atoms with Crippen LogP contribution in [-0.4, -0.2) is 10.9 Å². The lowest BCUT2D eigenvalue weighted by atomic mass is 10.1. The maximum absolute atomic E-state index is 8.56. The molecule has 1 N–H and O–H groups in total. The molecule has 12 heavy (non-hydrogen) atoms. The maximum atomic E-state index is 8.56. The molecule has 0 aliphatic carbocycles. The molecule has 0 aliphatic heterocycles. The van der Waals surface area contributed by atoms with Crippen molar-refractivity contribution in [3.05, 3.63) is 35.4 Å². The lowest BCUT2D eigenvalue weighted by Crippen LogP contribution is -1.94. The molecule has 0 bridgehead atoms. The second-order valence-electron chi connectivity index (χ2n) is 2.38. The van der Waals surface area contributed by atoms with Gasteiger partial charge in [-0.3, -0.25) is 0 Å². The van der Waals surface area contributed by atoms with Gasteiger partial charge >= 0.3 is 0 Å². The predicted octanol–water partition coefficient (Wildman–Crippen LogP) is 1.76. The Morgan fingerprint density at radius 2 is 2.33 bits per heavy atom. The molecule has 1 aromatic rings. The number of hydrogen-bond acceptors (Lipinski definition) is 3. The van der Waals surface area contributed by atoms with Gasteiger partial charge in [-0.15, -0.1) is 0 Å². The molecule has 0 saturated heterocycles. The molecule has 0 amide bonds. The second-order valence-corrected chi connectivity index (χ2v) is 2.38. The SMILES string of the molecule is C/C(=N\O)c1cccc(C#N)c1. The van der Waals surface area contributed by atoms with Crippen LogP contribution in [0.4, 0.5) is 0 Å². The first-order chi connectivity index (χ1) is 5.77. The quantitative estimate of drug-likeness (QED) is 0.386. The molecule has 0 atom stereocenters. The Balaban J connectivity index is 3.12. The van der Waals surface area contributed by atoms with Gasteiger partial charge in [-0.1, -0.05) is 17.3 Å². The van der Waals surface area contributed by atoms with Crippen LogP contribution in [-0.2, 0) is 0 Å². The summed E-state index contributed by atoms with van der Waals surface area (Å²) in [6.45, 7) is 1.68. The highest BCUT2D eigenvalue weighted by molar-refractivity contribution is 5.98. The van der Waals surface area contributed by atoms with Crippen LogP contribution in [0.1, 0.15) is 18.1 Å². The largest absolute Gasteiger partial charge is 0.411 e. The Bertz CT molecular complexity index is 350. The fourth-order valence-electron chi connectivity index (χ4n) is 0.872. The number of oxime groups is 1. The number of rotatable bonds is 1. The van der Waals surface area contributed by atoms with Gasteiger partial charge in [0, 0.05) is 5.56 Å². The normalized spacial score (nSPS) is 10.8. The van der Waals surface area contributed by atoms with Crippen LogP contribution in [0.5, 0.6) is 0 Å². The van der Waals surface area contributed by atoms with Crippen LogP contribution < -0.4 is 0 Å². The van der Waals surface area contributed by atoms with E-state index in [2.05, 4.69) is 5.16 Å². The van der Waals surface area contributed by atoms with E-state index in [0.717, 1.165) is 5.56 Å². The van der Waals surface area contributed by atoms with E-state index in [-0.39, 0.29) is 0 Å². The van der Waals surface area contributed by atoms with Gasteiger partial charge < -0.3 is 5.21 Å². The third-order valence-corrected chi connectivity index (χ3v) is 1.56. The number of hydrogen-bond donors (Lipinski definition) is 1. The summed E-state index contributed by atoms with van der Waals surface area (Å²) in [7, 11) is 0. The molecule has 0 heterocycles. The van der Waals surface area contributed by atoms with Gasteiger partial charge in [0.15, 0.2) is 0 Å². The van der Waals surface area contributed by atoms with E-state index < -0.39 is 0 Å². The van der Waals surface area contributed by atoms with E-state index >= 15 is 0 Å². The standard InChI is InChI=1S/C9H8N2O/c1-7(11-12)9-4-2-3-8(5-9)6-10/h2-5,12H,1H3/b11-7+. The molecule has 0 aromatic heterocycles. The van der Waals surface area contributed by atoms with Crippen LogP contribution in [0.25, 0.3) is 0 Å². The third-order valence-electron chi connectivity index (χ3n) is 1.56. The van der Waals surface area contributed by atoms with Gasteiger partial charge in [0.1, 0.15) is 0 Å². The smallest absolute Gasteiger partial charge is 0.0991 e. The average Bonchev–Trinajstić information content (AvgIpc) is 2.17. The molecule has 0 unspecified atom stereocenters. The summed E-state index contributed by atoms with van der Waals surface area (Å²) in [6.07, 6.45) is 0. The Kier molecular flexibility index (Phi) is 2.44. The van der Waals surface area contributed by atoms with Crippen molar-refractivity contribution in [2.24, 2.45) is 5.16 Å². The van der Waals surface area contributed by atoms with Crippen LogP contribution in [0.3, 0.4) is 0 Å². The molecule has 0 saturated carbocycles. The summed E-state index contributed by atoms with van der Waals surface area (Å²) in [6, 6.07) is 8.93. The van der Waals surface area contributed by atoms with E-state index in [1.54, 1.807) is 31.2 Å². The molecule has 0 radical (unpaired) electrons. The van der Waals surface area contributed by atoms with Crippen molar-refractivity contribution in [3.8, 4) is 6.07 Å². The maximum Gasteiger partial charge on any atom is 0.0991 e. The van der Waals surface area contributed by atoms with Crippen molar-refractivity contribution in [1.82, 2.24) is 0 Å². The number of benzene rings is 1. The summed E-state index contributed by atoms with van der Waals surface area (Å²) in [4.78, 5) is 0. The molecule has 1 rings (SSSR count). The van der Waals surface area contributed by atoms with E-state index in [1.807, 2.05) is 6.07 Å². The number of nitriles is 1. The minimum Gasteiger partial charge on any atom is -0.411 e. The molecule has 1 aromatic carbocycles. The summed E-state index contributed by atoms with van der Waals surface area (Å²) in [5, 5.41) is 20.1. The van der Waals surface area contributed by atoms with Gasteiger partial charge in [-0.2, -0.15) is 5.26 Å². The zero-order valence-electron chi connectivity index (χ0n) is 6.65. The molecule has 60 valence electrons. The van der Waals surface area contributed by atoms with Gasteiger partial charge in [0.2, 0.25) is 0 Å². The Morgan fingerprint density at radius 3 is 2.92 bits per heavy atom. The zero-order valence-corrected chi connectivity index (χ0v) is 6.65. The monoisotopic (exact) mass is 160 g/mol. The van der Waals surface area contributed by atoms with Crippen molar-refractivity contribution < 1.29 is 5.21 Å². The first-order valence-electron chi connectivity index (χ1n) is 3.47. The topological polar surface area (TPSA) is 56.4 Å². The minimum atomic E-state index is 0.507. The zero-order chi connectivity index (χ0) is 8.97. The molecule has 3 heteroatoms. The fraction of sp³-hybridized carbons (Fsp3) is 0.111. The van der Waals surface area contributed by atoms with Crippen molar-refractivity contribution in [2.75, 3.05) is 0 Å². The minimum absolute atomic E-state index is 0.507. The molecule has 0 aliphatic rings. The first kappa shape index (κ1) is 8.28. The summed E-state index contributed by atoms with van der Waals surface area (Å²) >= 11 is 0. The Hall–Kier alpha value is -1.82. The highest BCUT2D eigenvalue weighted by atomic mass is 16.4. The van der Waals surface area contributed by atoms with Crippen molar-refractivity contribution in [2.45, 2.75) is 6.92 Å². The summed E-state index contributed by atoms with van der Waals surface area (Å²) in [5.74, 6) is 0. The van der Waals surface area contributed by atoms with Gasteiger partial charge in [-0.25, -0.2) is 0 Å². The summed E-state index contributed by atoms with van der Waals surface area (Å²) < 4.78 is 0. The van der Waals surface area contributed by atoms with E-state index in [4.69, 9.17) is 10.5 Å². The second kappa shape index (κ2) is 3.54. The van der Waals surface area contributed by atoms with E-state index in [9.17, 15) is 0 Å². The fourth-order valence-corrected chi connectivity index (χ4v) is 0.872. The lowest BCUT2D eigenvalue weighted by Gasteiger charge is -1.96. The van der Waals surface area contributed by atoms with E-state index in [1.165, 1.54) is 0 Å². The lowest BCUT2D eigenvalue weighted by molar-refractivity contribution is 0.319. The first-order valence-corrected chi connectivity index (χ1v) is 3.47. The highest BCUT2D eigenvalue weighted by Crippen LogP contribution is 2.04. The van der Waals surface area contributed by atoms with Crippen molar-refractivity contribution >= 4 is 5.71 Å². The highest BCUT2D eigenvalue weighted by Gasteiger charge is 1.97. The molecule has 0 spiro atoms. The van der Waals surface area contributed by atoms with Gasteiger partial charge in [0.25, 0.3) is 0 Å². The van der Waals surface area contributed by atoms with Crippen LogP contribution in [0.15, 0.2) is 29.4 Å². The van der Waals surface area contributed by atoms with Crippen LogP contribution >= 0.6 is 0 Å². The molecular formula is C9H8N2O. The van der Waals surface area contributed by atoms with Crippen LogP contribution in [0.2, 0.25) is 0 Å². The van der Waals surface area contributed by atoms with E-state index in [0.29, 0.717) is 11.3 Å². The van der Waals surface area contributed by atoms with Crippen molar-refractivity contribution in [3.63, 3.8) is 0 Å². The predicted molar refractivity (Wildman–Crippen MR) is 45.2 cm³/mol. The Morgan fingerprint density at radius 1 is 1.58 bits per heavy atom. The molecular weight excluding hydrogens is 152 g/mol. The Labute approximate surface area is 70.6 Å². The molecule has 0 fully saturated rings. The third kappa shape index (κ3) is 1.61. The van der Waals surface area contributed by atoms with Crippen molar-refractivity contribution in [1.29, 1.82) is 5.26 Å². The summed E-state index contributed by atoms with van der Waals surface area (Å²) in [5.41, 5.74) is 1.83. The molecule has 3 nitrogen and oxygen atoms in total. The number of nitrogens with zero attached hydrogens (tertiary/aromatic N) is 2. The van der Waals surface area contributed by atoms with Gasteiger partial charge in [-0.05, 0) is 19.1 Å².